The van der Waals surface area contributed by atoms with Gasteiger partial charge in [0.2, 0.25) is 5.91 Å². The molecule has 20 heavy (non-hydrogen) atoms. The number of thioether (sulfide) groups is 1. The van der Waals surface area contributed by atoms with Gasteiger partial charge in [-0.1, -0.05) is 30.3 Å². The summed E-state index contributed by atoms with van der Waals surface area (Å²) in [5.41, 5.74) is 6.90. The molecule has 0 spiro atoms. The van der Waals surface area contributed by atoms with Crippen LogP contribution in [0.25, 0.3) is 0 Å². The Balaban J connectivity index is 2.16. The van der Waals surface area contributed by atoms with Crippen molar-refractivity contribution in [3.63, 3.8) is 0 Å². The molecule has 0 bridgehead atoms. The van der Waals surface area contributed by atoms with Crippen molar-refractivity contribution >= 4 is 23.6 Å². The zero-order valence-electron chi connectivity index (χ0n) is 11.5. The highest BCUT2D eigenvalue weighted by atomic mass is 32.2. The molecule has 0 heterocycles. The lowest BCUT2D eigenvalue weighted by Crippen LogP contribution is -2.29. The number of nitrogens with two attached hydrogens (primary N) is 1. The fourth-order valence-corrected chi connectivity index (χ4v) is 2.24. The standard InChI is InChI=1S/C14H20N2O3S/c1-19-14(18)10-20-8-7-16-13(17)9-12(15)11-5-3-2-4-6-11/h2-6,12H,7-10,15H2,1H3,(H,16,17). The van der Waals surface area contributed by atoms with Crippen molar-refractivity contribution in [2.45, 2.75) is 12.5 Å². The molecule has 0 aromatic heterocycles. The lowest BCUT2D eigenvalue weighted by Gasteiger charge is -2.11. The average Bonchev–Trinajstić information content (AvgIpc) is 2.47. The first kappa shape index (κ1) is 16.5. The molecule has 0 aliphatic carbocycles. The van der Waals surface area contributed by atoms with Crippen LogP contribution in [-0.4, -0.2) is 37.0 Å². The van der Waals surface area contributed by atoms with Gasteiger partial charge in [-0.05, 0) is 5.56 Å². The van der Waals surface area contributed by atoms with Crippen molar-refractivity contribution in [3.8, 4) is 0 Å². The van der Waals surface area contributed by atoms with Crippen LogP contribution in [0.3, 0.4) is 0 Å². The van der Waals surface area contributed by atoms with E-state index in [4.69, 9.17) is 5.73 Å². The maximum Gasteiger partial charge on any atom is 0.315 e. The fraction of sp³-hybridized carbons (Fsp3) is 0.429. The Kier molecular flexibility index (Phi) is 7.75. The van der Waals surface area contributed by atoms with Crippen LogP contribution in [0, 0.1) is 0 Å². The number of hydrogen-bond donors (Lipinski definition) is 2. The van der Waals surface area contributed by atoms with Crippen molar-refractivity contribution in [2.24, 2.45) is 5.73 Å². The highest BCUT2D eigenvalue weighted by Crippen LogP contribution is 2.12. The number of carbonyl (C=O) groups is 2. The number of hydrogen-bond acceptors (Lipinski definition) is 5. The first-order valence-corrected chi connectivity index (χ1v) is 7.50. The average molecular weight is 296 g/mol. The Bertz CT molecular complexity index is 426. The minimum absolute atomic E-state index is 0.0833. The molecule has 0 radical (unpaired) electrons. The lowest BCUT2D eigenvalue weighted by molar-refractivity contribution is -0.137. The van der Waals surface area contributed by atoms with Crippen LogP contribution in [0.5, 0.6) is 0 Å². The van der Waals surface area contributed by atoms with Gasteiger partial charge in [-0.3, -0.25) is 9.59 Å². The van der Waals surface area contributed by atoms with Crippen LogP contribution in [-0.2, 0) is 14.3 Å². The summed E-state index contributed by atoms with van der Waals surface area (Å²) in [5, 5.41) is 2.78. The predicted octanol–water partition coefficient (Wildman–Crippen LogP) is 1.10. The lowest BCUT2D eigenvalue weighted by atomic mass is 10.0. The first-order valence-electron chi connectivity index (χ1n) is 6.35. The largest absolute Gasteiger partial charge is 0.468 e. The van der Waals surface area contributed by atoms with Crippen molar-refractivity contribution in [1.82, 2.24) is 5.32 Å². The summed E-state index contributed by atoms with van der Waals surface area (Å²) >= 11 is 1.42. The highest BCUT2D eigenvalue weighted by Gasteiger charge is 2.10. The minimum Gasteiger partial charge on any atom is -0.468 e. The Morgan fingerprint density at radius 3 is 2.70 bits per heavy atom. The molecule has 0 saturated heterocycles. The summed E-state index contributed by atoms with van der Waals surface area (Å²) in [7, 11) is 1.36. The minimum atomic E-state index is -0.293. The summed E-state index contributed by atoms with van der Waals surface area (Å²) in [4.78, 5) is 22.6. The summed E-state index contributed by atoms with van der Waals surface area (Å²) in [6.07, 6.45) is 0.256. The van der Waals surface area contributed by atoms with Gasteiger partial charge in [0.05, 0.1) is 12.9 Å². The monoisotopic (exact) mass is 296 g/mol. The normalized spacial score (nSPS) is 11.7. The molecule has 0 saturated carbocycles. The molecule has 1 rings (SSSR count). The summed E-state index contributed by atoms with van der Waals surface area (Å²) < 4.78 is 4.52. The van der Waals surface area contributed by atoms with E-state index in [0.29, 0.717) is 18.1 Å². The zero-order valence-corrected chi connectivity index (χ0v) is 12.3. The molecule has 0 fully saturated rings. The topological polar surface area (TPSA) is 81.4 Å². The number of carbonyl (C=O) groups excluding carboxylic acids is 2. The molecule has 6 heteroatoms. The van der Waals surface area contributed by atoms with E-state index in [-0.39, 0.29) is 24.3 Å². The Labute approximate surface area is 123 Å². The van der Waals surface area contributed by atoms with Crippen molar-refractivity contribution in [2.75, 3.05) is 25.2 Å². The third kappa shape index (κ3) is 6.58. The second-order valence-corrected chi connectivity index (χ2v) is 5.31. The maximum atomic E-state index is 11.7. The number of rotatable bonds is 8. The quantitative estimate of drug-likeness (QED) is 0.554. The summed E-state index contributed by atoms with van der Waals surface area (Å²) in [5.74, 6) is 0.629. The Hall–Kier alpha value is -1.53. The molecule has 1 aromatic rings. The van der Waals surface area contributed by atoms with E-state index >= 15 is 0 Å². The van der Waals surface area contributed by atoms with Gasteiger partial charge in [0.25, 0.3) is 0 Å². The van der Waals surface area contributed by atoms with E-state index in [2.05, 4.69) is 10.1 Å². The first-order chi connectivity index (χ1) is 9.63. The SMILES string of the molecule is COC(=O)CSCCNC(=O)CC(N)c1ccccc1. The van der Waals surface area contributed by atoms with Crippen LogP contribution in [0.2, 0.25) is 0 Å². The smallest absolute Gasteiger partial charge is 0.315 e. The van der Waals surface area contributed by atoms with Crippen molar-refractivity contribution < 1.29 is 14.3 Å². The van der Waals surface area contributed by atoms with Gasteiger partial charge in [0.1, 0.15) is 0 Å². The van der Waals surface area contributed by atoms with Crippen LogP contribution < -0.4 is 11.1 Å². The summed E-state index contributed by atoms with van der Waals surface area (Å²) in [6, 6.07) is 9.23. The second kappa shape index (κ2) is 9.39. The Morgan fingerprint density at radius 2 is 2.05 bits per heavy atom. The molecular formula is C14H20N2O3S. The molecule has 0 aliphatic heterocycles. The fourth-order valence-electron chi connectivity index (χ4n) is 1.57. The molecule has 110 valence electrons. The number of ether oxygens (including phenoxy) is 1. The van der Waals surface area contributed by atoms with Gasteiger partial charge in [0.15, 0.2) is 0 Å². The van der Waals surface area contributed by atoms with Gasteiger partial charge in [0, 0.05) is 24.8 Å². The molecular weight excluding hydrogens is 276 g/mol. The van der Waals surface area contributed by atoms with Gasteiger partial charge < -0.3 is 15.8 Å². The van der Waals surface area contributed by atoms with Gasteiger partial charge in [-0.2, -0.15) is 0 Å². The van der Waals surface area contributed by atoms with Gasteiger partial charge in [-0.15, -0.1) is 11.8 Å². The van der Waals surface area contributed by atoms with E-state index in [1.807, 2.05) is 30.3 Å². The molecule has 0 aliphatic rings. The predicted molar refractivity (Wildman–Crippen MR) is 80.3 cm³/mol. The van der Waals surface area contributed by atoms with Crippen molar-refractivity contribution in [3.05, 3.63) is 35.9 Å². The second-order valence-electron chi connectivity index (χ2n) is 4.20. The molecule has 1 aromatic carbocycles. The number of methoxy groups -OCH3 is 1. The number of amides is 1. The van der Waals surface area contributed by atoms with Crippen LogP contribution >= 0.6 is 11.8 Å². The molecule has 1 amide bonds. The van der Waals surface area contributed by atoms with E-state index in [1.165, 1.54) is 18.9 Å². The van der Waals surface area contributed by atoms with E-state index in [9.17, 15) is 9.59 Å². The molecule has 1 unspecified atom stereocenters. The van der Waals surface area contributed by atoms with Crippen LogP contribution in [0.15, 0.2) is 30.3 Å². The van der Waals surface area contributed by atoms with E-state index in [1.54, 1.807) is 0 Å². The van der Waals surface area contributed by atoms with Crippen molar-refractivity contribution in [1.29, 1.82) is 0 Å². The van der Waals surface area contributed by atoms with E-state index in [0.717, 1.165) is 5.56 Å². The van der Waals surface area contributed by atoms with Crippen LogP contribution in [0.1, 0.15) is 18.0 Å². The Morgan fingerprint density at radius 1 is 1.35 bits per heavy atom. The van der Waals surface area contributed by atoms with E-state index < -0.39 is 0 Å². The maximum absolute atomic E-state index is 11.7. The number of nitrogens with one attached hydrogen (secondary N) is 1. The summed E-state index contributed by atoms with van der Waals surface area (Å²) in [6.45, 7) is 0.516. The third-order valence-corrected chi connectivity index (χ3v) is 3.58. The molecule has 5 nitrogen and oxygen atoms in total. The number of benzene rings is 1. The van der Waals surface area contributed by atoms with Crippen LogP contribution in [0.4, 0.5) is 0 Å². The number of esters is 1. The third-order valence-electron chi connectivity index (χ3n) is 2.65. The molecule has 1 atom stereocenters. The van der Waals surface area contributed by atoms with Gasteiger partial charge in [-0.25, -0.2) is 0 Å². The highest BCUT2D eigenvalue weighted by molar-refractivity contribution is 7.99. The zero-order chi connectivity index (χ0) is 14.8. The van der Waals surface area contributed by atoms with Gasteiger partial charge >= 0.3 is 5.97 Å². The molecule has 3 N–H and O–H groups in total.